The third-order valence-electron chi connectivity index (χ3n) is 2.42. The van der Waals surface area contributed by atoms with Gasteiger partial charge in [-0.1, -0.05) is 17.7 Å². The van der Waals surface area contributed by atoms with E-state index in [1.54, 1.807) is 19.2 Å². The summed E-state index contributed by atoms with van der Waals surface area (Å²) in [6, 6.07) is 7.39. The van der Waals surface area contributed by atoms with Crippen LogP contribution in [0.1, 0.15) is 12.0 Å². The van der Waals surface area contributed by atoms with Crippen molar-refractivity contribution in [1.29, 1.82) is 0 Å². The Bertz CT molecular complexity index is 426. The maximum Gasteiger partial charge on any atom is 0.234 e. The molecule has 0 radical (unpaired) electrons. The zero-order valence-electron chi connectivity index (χ0n) is 9.68. The molecule has 0 aliphatic rings. The molecule has 0 unspecified atom stereocenters. The second kappa shape index (κ2) is 5.32. The van der Waals surface area contributed by atoms with E-state index in [0.717, 1.165) is 5.56 Å². The number of aryl methyl sites for hydroxylation is 1. The fraction of sp³-hybridized carbons (Fsp3) is 0.455. The van der Waals surface area contributed by atoms with Crippen LogP contribution in [-0.4, -0.2) is 27.8 Å². The van der Waals surface area contributed by atoms with Gasteiger partial charge in [-0.15, -0.1) is 0 Å². The lowest BCUT2D eigenvalue weighted by atomic mass is 10.2. The fourth-order valence-corrected chi connectivity index (χ4v) is 2.57. The van der Waals surface area contributed by atoms with Crippen molar-refractivity contribution in [3.8, 4) is 0 Å². The molecule has 0 aliphatic heterocycles. The molecule has 1 rings (SSSR count). The van der Waals surface area contributed by atoms with Crippen LogP contribution in [0.2, 0.25) is 0 Å². The van der Waals surface area contributed by atoms with E-state index in [1.165, 1.54) is 4.31 Å². The number of sulfonamides is 1. The molecule has 0 aliphatic carbocycles. The molecule has 0 saturated carbocycles. The van der Waals surface area contributed by atoms with E-state index in [-0.39, 0.29) is 5.75 Å². The Morgan fingerprint density at radius 3 is 2.31 bits per heavy atom. The molecule has 1 aromatic rings. The van der Waals surface area contributed by atoms with Crippen molar-refractivity contribution in [2.45, 2.75) is 13.3 Å². The largest absolute Gasteiger partial charge is 0.330 e. The van der Waals surface area contributed by atoms with E-state index in [4.69, 9.17) is 5.73 Å². The summed E-state index contributed by atoms with van der Waals surface area (Å²) in [5.74, 6) is 0.0911. The van der Waals surface area contributed by atoms with Crippen molar-refractivity contribution < 1.29 is 8.42 Å². The van der Waals surface area contributed by atoms with Gasteiger partial charge in [-0.05, 0) is 32.0 Å². The molecule has 0 bridgehead atoms. The number of nitrogens with zero attached hydrogens (tertiary/aromatic N) is 1. The van der Waals surface area contributed by atoms with Gasteiger partial charge < -0.3 is 5.73 Å². The molecule has 0 saturated heterocycles. The van der Waals surface area contributed by atoms with Gasteiger partial charge >= 0.3 is 0 Å². The molecular formula is C11H18N2O2S. The van der Waals surface area contributed by atoms with Gasteiger partial charge in [-0.3, -0.25) is 4.31 Å². The number of rotatable bonds is 5. The second-order valence-corrected chi connectivity index (χ2v) is 5.88. The molecule has 90 valence electrons. The summed E-state index contributed by atoms with van der Waals surface area (Å²) in [6.07, 6.45) is 0.485. The van der Waals surface area contributed by atoms with Gasteiger partial charge in [0, 0.05) is 7.05 Å². The van der Waals surface area contributed by atoms with Crippen LogP contribution in [0.5, 0.6) is 0 Å². The SMILES string of the molecule is Cc1ccc(N(C)S(=O)(=O)CCCN)cc1. The minimum atomic E-state index is -3.24. The Morgan fingerprint density at radius 2 is 1.81 bits per heavy atom. The van der Waals surface area contributed by atoms with Crippen LogP contribution in [0.3, 0.4) is 0 Å². The lowest BCUT2D eigenvalue weighted by Gasteiger charge is -2.19. The Kier molecular flexibility index (Phi) is 4.32. The highest BCUT2D eigenvalue weighted by molar-refractivity contribution is 7.92. The average Bonchev–Trinajstić information content (AvgIpc) is 2.26. The first-order chi connectivity index (χ1) is 7.47. The molecule has 0 heterocycles. The Labute approximate surface area is 97.1 Å². The summed E-state index contributed by atoms with van der Waals surface area (Å²) in [5.41, 5.74) is 7.10. The summed E-state index contributed by atoms with van der Waals surface area (Å²) in [4.78, 5) is 0. The number of benzene rings is 1. The lowest BCUT2D eigenvalue weighted by Crippen LogP contribution is -2.29. The Morgan fingerprint density at radius 1 is 1.25 bits per heavy atom. The van der Waals surface area contributed by atoms with Crippen molar-refractivity contribution in [1.82, 2.24) is 0 Å². The predicted molar refractivity (Wildman–Crippen MR) is 67.0 cm³/mol. The first-order valence-electron chi connectivity index (χ1n) is 5.21. The molecule has 0 aromatic heterocycles. The van der Waals surface area contributed by atoms with Gasteiger partial charge in [0.1, 0.15) is 0 Å². The summed E-state index contributed by atoms with van der Waals surface area (Å²) in [7, 11) is -1.67. The topological polar surface area (TPSA) is 63.4 Å². The molecule has 0 spiro atoms. The highest BCUT2D eigenvalue weighted by Crippen LogP contribution is 2.17. The van der Waals surface area contributed by atoms with Gasteiger partial charge in [0.15, 0.2) is 0 Å². The Hall–Kier alpha value is -1.07. The van der Waals surface area contributed by atoms with Crippen molar-refractivity contribution in [2.24, 2.45) is 5.73 Å². The first kappa shape index (κ1) is 13.0. The van der Waals surface area contributed by atoms with Crippen molar-refractivity contribution in [3.63, 3.8) is 0 Å². The van der Waals surface area contributed by atoms with Gasteiger partial charge in [0.05, 0.1) is 11.4 Å². The molecule has 4 nitrogen and oxygen atoms in total. The standard InChI is InChI=1S/C11H18N2O2S/c1-10-4-6-11(7-5-10)13(2)16(14,15)9-3-8-12/h4-7H,3,8-9,12H2,1-2H3. The molecule has 5 heteroatoms. The third kappa shape index (κ3) is 3.21. The van der Waals surface area contributed by atoms with Crippen LogP contribution in [0, 0.1) is 6.92 Å². The van der Waals surface area contributed by atoms with E-state index < -0.39 is 10.0 Å². The van der Waals surface area contributed by atoms with Gasteiger partial charge in [-0.25, -0.2) is 8.42 Å². The summed E-state index contributed by atoms with van der Waals surface area (Å²) in [6.45, 7) is 2.35. The monoisotopic (exact) mass is 242 g/mol. The van der Waals surface area contributed by atoms with Crippen LogP contribution in [-0.2, 0) is 10.0 Å². The molecule has 0 amide bonds. The van der Waals surface area contributed by atoms with E-state index in [0.29, 0.717) is 18.7 Å². The molecule has 0 atom stereocenters. The minimum Gasteiger partial charge on any atom is -0.330 e. The fourth-order valence-electron chi connectivity index (χ4n) is 1.32. The van der Waals surface area contributed by atoms with Crippen LogP contribution in [0.15, 0.2) is 24.3 Å². The smallest absolute Gasteiger partial charge is 0.234 e. The van der Waals surface area contributed by atoms with Gasteiger partial charge in [0.25, 0.3) is 0 Å². The number of hydrogen-bond acceptors (Lipinski definition) is 3. The quantitative estimate of drug-likeness (QED) is 0.841. The maximum absolute atomic E-state index is 11.8. The summed E-state index contributed by atoms with van der Waals surface area (Å²) < 4.78 is 25.0. The molecule has 2 N–H and O–H groups in total. The van der Waals surface area contributed by atoms with Crippen molar-refractivity contribution in [3.05, 3.63) is 29.8 Å². The van der Waals surface area contributed by atoms with Crippen molar-refractivity contribution >= 4 is 15.7 Å². The van der Waals surface area contributed by atoms with Gasteiger partial charge in [0.2, 0.25) is 10.0 Å². The highest BCUT2D eigenvalue weighted by Gasteiger charge is 2.17. The molecule has 16 heavy (non-hydrogen) atoms. The highest BCUT2D eigenvalue weighted by atomic mass is 32.2. The van der Waals surface area contributed by atoms with Gasteiger partial charge in [-0.2, -0.15) is 0 Å². The van der Waals surface area contributed by atoms with Crippen LogP contribution < -0.4 is 10.0 Å². The zero-order chi connectivity index (χ0) is 12.2. The van der Waals surface area contributed by atoms with E-state index in [1.807, 2.05) is 19.1 Å². The van der Waals surface area contributed by atoms with Crippen LogP contribution in [0.4, 0.5) is 5.69 Å². The maximum atomic E-state index is 11.8. The average molecular weight is 242 g/mol. The van der Waals surface area contributed by atoms with Crippen LogP contribution >= 0.6 is 0 Å². The zero-order valence-corrected chi connectivity index (χ0v) is 10.5. The first-order valence-corrected chi connectivity index (χ1v) is 6.81. The van der Waals surface area contributed by atoms with E-state index in [9.17, 15) is 8.42 Å². The Balaban J connectivity index is 2.84. The summed E-state index contributed by atoms with van der Waals surface area (Å²) >= 11 is 0. The second-order valence-electron chi connectivity index (χ2n) is 3.76. The minimum absolute atomic E-state index is 0.0911. The lowest BCUT2D eigenvalue weighted by molar-refractivity contribution is 0.592. The van der Waals surface area contributed by atoms with Crippen molar-refractivity contribution in [2.75, 3.05) is 23.7 Å². The number of hydrogen-bond donors (Lipinski definition) is 1. The van der Waals surface area contributed by atoms with E-state index in [2.05, 4.69) is 0 Å². The molecule has 1 aromatic carbocycles. The van der Waals surface area contributed by atoms with E-state index >= 15 is 0 Å². The third-order valence-corrected chi connectivity index (χ3v) is 4.27. The van der Waals surface area contributed by atoms with Crippen LogP contribution in [0.25, 0.3) is 0 Å². The normalized spacial score (nSPS) is 11.4. The number of nitrogens with two attached hydrogens (primary N) is 1. The predicted octanol–water partition coefficient (Wildman–Crippen LogP) is 1.11. The number of anilines is 1. The molecular weight excluding hydrogens is 224 g/mol. The summed E-state index contributed by atoms with van der Waals surface area (Å²) in [5, 5.41) is 0. The molecule has 0 fully saturated rings.